The van der Waals surface area contributed by atoms with E-state index in [9.17, 15) is 4.79 Å². The van der Waals surface area contributed by atoms with E-state index >= 15 is 0 Å². The standard InChI is InChI=1S/C19H22BrN5O/c1-11-8-6-7-9-15(11)10-25-14(4)17(13(3)23-25)21-19(26)18-16(20)12(2)22-24(18)5/h6-9H,10H2,1-5H3,(H,21,26). The Balaban J connectivity index is 1.89. The normalized spacial score (nSPS) is 11.0. The van der Waals surface area contributed by atoms with Crippen LogP contribution in [0.15, 0.2) is 28.7 Å². The lowest BCUT2D eigenvalue weighted by atomic mass is 10.1. The third kappa shape index (κ3) is 3.31. The smallest absolute Gasteiger partial charge is 0.275 e. The summed E-state index contributed by atoms with van der Waals surface area (Å²) < 4.78 is 4.22. The average Bonchev–Trinajstić information content (AvgIpc) is 2.99. The fraction of sp³-hybridized carbons (Fsp3) is 0.316. The molecule has 0 saturated carbocycles. The van der Waals surface area contributed by atoms with Crippen molar-refractivity contribution < 1.29 is 4.79 Å². The van der Waals surface area contributed by atoms with E-state index in [-0.39, 0.29) is 5.91 Å². The summed E-state index contributed by atoms with van der Waals surface area (Å²) in [6.45, 7) is 8.49. The van der Waals surface area contributed by atoms with Gasteiger partial charge in [0.05, 0.1) is 33.8 Å². The molecule has 2 heterocycles. The highest BCUT2D eigenvalue weighted by Crippen LogP contribution is 2.25. The van der Waals surface area contributed by atoms with Gasteiger partial charge in [0, 0.05) is 7.05 Å². The number of halogens is 1. The second-order valence-corrected chi connectivity index (χ2v) is 7.25. The molecular formula is C19H22BrN5O. The monoisotopic (exact) mass is 415 g/mol. The Bertz CT molecular complexity index is 986. The molecule has 3 aromatic rings. The third-order valence-corrected chi connectivity index (χ3v) is 5.52. The van der Waals surface area contributed by atoms with Crippen molar-refractivity contribution in [3.05, 3.63) is 62.6 Å². The number of hydrogen-bond acceptors (Lipinski definition) is 3. The number of nitrogens with one attached hydrogen (secondary N) is 1. The van der Waals surface area contributed by atoms with Gasteiger partial charge in [0.1, 0.15) is 5.69 Å². The Morgan fingerprint density at radius 1 is 1.12 bits per heavy atom. The number of carbonyl (C=O) groups is 1. The Morgan fingerprint density at radius 3 is 2.42 bits per heavy atom. The van der Waals surface area contributed by atoms with Crippen molar-refractivity contribution in [2.45, 2.75) is 34.2 Å². The number of rotatable bonds is 4. The molecule has 2 aromatic heterocycles. The summed E-state index contributed by atoms with van der Waals surface area (Å²) in [6.07, 6.45) is 0. The molecule has 0 radical (unpaired) electrons. The van der Waals surface area contributed by atoms with E-state index in [1.807, 2.05) is 37.6 Å². The molecule has 0 fully saturated rings. The molecule has 6 nitrogen and oxygen atoms in total. The Kier molecular flexibility index (Phi) is 5.00. The first-order valence-electron chi connectivity index (χ1n) is 8.38. The molecule has 1 aromatic carbocycles. The molecule has 136 valence electrons. The third-order valence-electron chi connectivity index (χ3n) is 4.57. The van der Waals surface area contributed by atoms with Crippen molar-refractivity contribution >= 4 is 27.5 Å². The molecule has 26 heavy (non-hydrogen) atoms. The molecule has 0 aliphatic rings. The fourth-order valence-corrected chi connectivity index (χ4v) is 3.55. The number of hydrogen-bond donors (Lipinski definition) is 1. The first-order valence-corrected chi connectivity index (χ1v) is 9.17. The molecule has 0 bridgehead atoms. The summed E-state index contributed by atoms with van der Waals surface area (Å²) in [4.78, 5) is 12.8. The van der Waals surface area contributed by atoms with Gasteiger partial charge < -0.3 is 5.32 Å². The molecule has 0 spiro atoms. The van der Waals surface area contributed by atoms with Gasteiger partial charge in [0.25, 0.3) is 5.91 Å². The lowest BCUT2D eigenvalue weighted by molar-refractivity contribution is 0.101. The molecule has 0 aliphatic heterocycles. The maximum absolute atomic E-state index is 12.8. The zero-order valence-electron chi connectivity index (χ0n) is 15.6. The van der Waals surface area contributed by atoms with Gasteiger partial charge in [-0.3, -0.25) is 14.2 Å². The van der Waals surface area contributed by atoms with Crippen molar-refractivity contribution in [3.8, 4) is 0 Å². The highest BCUT2D eigenvalue weighted by Gasteiger charge is 2.21. The molecule has 1 N–H and O–H groups in total. The van der Waals surface area contributed by atoms with Crippen LogP contribution in [0.5, 0.6) is 0 Å². The van der Waals surface area contributed by atoms with Crippen molar-refractivity contribution in [2.75, 3.05) is 5.32 Å². The second kappa shape index (κ2) is 7.07. The topological polar surface area (TPSA) is 64.7 Å². The lowest BCUT2D eigenvalue weighted by Crippen LogP contribution is -2.17. The van der Waals surface area contributed by atoms with E-state index in [0.717, 1.165) is 22.8 Å². The van der Waals surface area contributed by atoms with Gasteiger partial charge in [0.15, 0.2) is 0 Å². The lowest BCUT2D eigenvalue weighted by Gasteiger charge is -2.09. The Hall–Kier alpha value is -2.41. The van der Waals surface area contributed by atoms with Gasteiger partial charge in [-0.25, -0.2) is 0 Å². The summed E-state index contributed by atoms with van der Waals surface area (Å²) in [5.74, 6) is -0.207. The fourth-order valence-electron chi connectivity index (χ4n) is 3.03. The van der Waals surface area contributed by atoms with Crippen molar-refractivity contribution in [1.29, 1.82) is 0 Å². The van der Waals surface area contributed by atoms with Crippen molar-refractivity contribution in [3.63, 3.8) is 0 Å². The minimum Gasteiger partial charge on any atom is -0.317 e. The van der Waals surface area contributed by atoms with Crippen LogP contribution in [0.25, 0.3) is 0 Å². The first kappa shape index (κ1) is 18.4. The van der Waals surface area contributed by atoms with Crippen LogP contribution in [0, 0.1) is 27.7 Å². The summed E-state index contributed by atoms with van der Waals surface area (Å²) in [6, 6.07) is 8.24. The van der Waals surface area contributed by atoms with E-state index in [1.165, 1.54) is 11.1 Å². The number of benzene rings is 1. The van der Waals surface area contributed by atoms with Crippen LogP contribution < -0.4 is 5.32 Å². The number of aromatic nitrogens is 4. The minimum atomic E-state index is -0.207. The van der Waals surface area contributed by atoms with Crippen molar-refractivity contribution in [1.82, 2.24) is 19.6 Å². The summed E-state index contributed by atoms with van der Waals surface area (Å²) in [5, 5.41) is 11.9. The zero-order chi connectivity index (χ0) is 19.0. The predicted octanol–water partition coefficient (Wildman–Crippen LogP) is 3.91. The largest absolute Gasteiger partial charge is 0.317 e. The van der Waals surface area contributed by atoms with Crippen LogP contribution in [0.3, 0.4) is 0 Å². The maximum atomic E-state index is 12.8. The zero-order valence-corrected chi connectivity index (χ0v) is 17.2. The average molecular weight is 416 g/mol. The molecule has 0 aliphatic carbocycles. The highest BCUT2D eigenvalue weighted by atomic mass is 79.9. The summed E-state index contributed by atoms with van der Waals surface area (Å²) in [7, 11) is 1.76. The molecule has 7 heteroatoms. The molecule has 3 rings (SSSR count). The van der Waals surface area contributed by atoms with Crippen LogP contribution in [-0.2, 0) is 13.6 Å². The first-order chi connectivity index (χ1) is 12.3. The Morgan fingerprint density at radius 2 is 1.81 bits per heavy atom. The number of anilines is 1. The van der Waals surface area contributed by atoms with E-state index in [1.54, 1.807) is 11.7 Å². The van der Waals surface area contributed by atoms with Gasteiger partial charge in [-0.2, -0.15) is 10.2 Å². The number of nitrogens with zero attached hydrogens (tertiary/aromatic N) is 4. The summed E-state index contributed by atoms with van der Waals surface area (Å²) in [5.41, 5.74) is 6.16. The summed E-state index contributed by atoms with van der Waals surface area (Å²) >= 11 is 3.44. The Labute approximate surface area is 161 Å². The van der Waals surface area contributed by atoms with Gasteiger partial charge in [0.2, 0.25) is 0 Å². The number of aryl methyl sites for hydroxylation is 4. The quantitative estimate of drug-likeness (QED) is 0.702. The van der Waals surface area contributed by atoms with Crippen LogP contribution in [0.4, 0.5) is 5.69 Å². The molecule has 0 unspecified atom stereocenters. The van der Waals surface area contributed by atoms with Crippen LogP contribution in [0.2, 0.25) is 0 Å². The molecule has 0 atom stereocenters. The second-order valence-electron chi connectivity index (χ2n) is 6.46. The van der Waals surface area contributed by atoms with E-state index in [2.05, 4.69) is 50.5 Å². The van der Waals surface area contributed by atoms with Gasteiger partial charge >= 0.3 is 0 Å². The predicted molar refractivity (Wildman–Crippen MR) is 106 cm³/mol. The molecule has 0 saturated heterocycles. The van der Waals surface area contributed by atoms with Gasteiger partial charge in [-0.1, -0.05) is 24.3 Å². The van der Waals surface area contributed by atoms with E-state index < -0.39 is 0 Å². The van der Waals surface area contributed by atoms with E-state index in [4.69, 9.17) is 0 Å². The van der Waals surface area contributed by atoms with Crippen LogP contribution in [-0.4, -0.2) is 25.5 Å². The maximum Gasteiger partial charge on any atom is 0.275 e. The van der Waals surface area contributed by atoms with Gasteiger partial charge in [-0.05, 0) is 54.8 Å². The molecular weight excluding hydrogens is 394 g/mol. The van der Waals surface area contributed by atoms with Crippen molar-refractivity contribution in [2.24, 2.45) is 7.05 Å². The van der Waals surface area contributed by atoms with Crippen LogP contribution >= 0.6 is 15.9 Å². The molecule has 1 amide bonds. The van der Waals surface area contributed by atoms with Gasteiger partial charge in [-0.15, -0.1) is 0 Å². The highest BCUT2D eigenvalue weighted by molar-refractivity contribution is 9.10. The number of amides is 1. The number of carbonyl (C=O) groups excluding carboxylic acids is 1. The SMILES string of the molecule is Cc1ccccc1Cn1nc(C)c(NC(=O)c2c(Br)c(C)nn2C)c1C. The van der Waals surface area contributed by atoms with Crippen LogP contribution in [0.1, 0.15) is 38.7 Å². The minimum absolute atomic E-state index is 0.207. The van der Waals surface area contributed by atoms with E-state index in [0.29, 0.717) is 16.7 Å².